The summed E-state index contributed by atoms with van der Waals surface area (Å²) in [4.78, 5) is 15.9. The Kier molecular flexibility index (Phi) is 4.63. The van der Waals surface area contributed by atoms with Gasteiger partial charge in [0.15, 0.2) is 0 Å². The maximum atomic E-state index is 11.4. The van der Waals surface area contributed by atoms with E-state index in [0.717, 1.165) is 17.8 Å². The van der Waals surface area contributed by atoms with Gasteiger partial charge in [0, 0.05) is 19.1 Å². The average Bonchev–Trinajstić information content (AvgIpc) is 2.82. The van der Waals surface area contributed by atoms with Crippen LogP contribution in [0.2, 0.25) is 0 Å². The van der Waals surface area contributed by atoms with E-state index in [9.17, 15) is 15.0 Å². The summed E-state index contributed by atoms with van der Waals surface area (Å²) >= 11 is 0. The zero-order valence-electron chi connectivity index (χ0n) is 12.7. The van der Waals surface area contributed by atoms with Crippen molar-refractivity contribution in [2.24, 2.45) is 5.92 Å². The van der Waals surface area contributed by atoms with Crippen LogP contribution in [0.1, 0.15) is 49.4 Å². The number of aromatic carboxylic acids is 1. The normalized spacial score (nSPS) is 13.0. The summed E-state index contributed by atoms with van der Waals surface area (Å²) in [5.41, 5.74) is 1.59. The van der Waals surface area contributed by atoms with Crippen LogP contribution in [-0.4, -0.2) is 32.3 Å². The van der Waals surface area contributed by atoms with Gasteiger partial charge in [-0.2, -0.15) is 0 Å². The molecule has 0 saturated heterocycles. The smallest absolute Gasteiger partial charge is 0.337 e. The van der Waals surface area contributed by atoms with E-state index in [0.29, 0.717) is 17.9 Å². The molecule has 2 rings (SSSR count). The van der Waals surface area contributed by atoms with Gasteiger partial charge >= 0.3 is 5.97 Å². The van der Waals surface area contributed by atoms with E-state index in [-0.39, 0.29) is 18.2 Å². The number of imidazole rings is 1. The molecule has 5 nitrogen and oxygen atoms in total. The Bertz CT molecular complexity index is 646. The summed E-state index contributed by atoms with van der Waals surface area (Å²) < 4.78 is 2.10. The second-order valence-corrected chi connectivity index (χ2v) is 5.55. The molecule has 1 unspecified atom stereocenters. The SMILES string of the molecule is CCc1nc2c(C(=O)O)cccc2n1C(CCO)C(C)C. The molecule has 0 amide bonds. The number of aromatic nitrogens is 2. The Hall–Kier alpha value is -1.88. The van der Waals surface area contributed by atoms with E-state index in [2.05, 4.69) is 23.4 Å². The van der Waals surface area contributed by atoms with Crippen LogP contribution in [0, 0.1) is 5.92 Å². The molecule has 0 radical (unpaired) electrons. The van der Waals surface area contributed by atoms with Crippen molar-refractivity contribution in [3.05, 3.63) is 29.6 Å². The molecule has 0 aliphatic heterocycles. The molecule has 2 N–H and O–H groups in total. The molecule has 21 heavy (non-hydrogen) atoms. The van der Waals surface area contributed by atoms with Gasteiger partial charge in [0.05, 0.1) is 11.1 Å². The van der Waals surface area contributed by atoms with E-state index in [1.807, 2.05) is 13.0 Å². The number of carbonyl (C=O) groups is 1. The first kappa shape index (κ1) is 15.5. The fourth-order valence-corrected chi connectivity index (χ4v) is 2.85. The van der Waals surface area contributed by atoms with Gasteiger partial charge in [-0.05, 0) is 24.5 Å². The number of hydrogen-bond donors (Lipinski definition) is 2. The fourth-order valence-electron chi connectivity index (χ4n) is 2.85. The van der Waals surface area contributed by atoms with Crippen LogP contribution < -0.4 is 0 Å². The standard InChI is InChI=1S/C16H22N2O3/c1-4-14-17-15-11(16(20)21)6-5-7-13(15)18(14)12(8-9-19)10(2)3/h5-7,10,12,19H,4,8-9H2,1-3H3,(H,20,21). The van der Waals surface area contributed by atoms with Crippen molar-refractivity contribution in [2.45, 2.75) is 39.7 Å². The molecule has 1 aromatic heterocycles. The Morgan fingerprint density at radius 3 is 2.62 bits per heavy atom. The lowest BCUT2D eigenvalue weighted by Crippen LogP contribution is -2.19. The molecule has 114 valence electrons. The van der Waals surface area contributed by atoms with Crippen LogP contribution in [0.25, 0.3) is 11.0 Å². The molecular formula is C16H22N2O3. The minimum absolute atomic E-state index is 0.101. The molecule has 1 aromatic carbocycles. The maximum absolute atomic E-state index is 11.4. The number of hydrogen-bond acceptors (Lipinski definition) is 3. The largest absolute Gasteiger partial charge is 0.478 e. The summed E-state index contributed by atoms with van der Waals surface area (Å²) in [6.07, 6.45) is 1.36. The van der Waals surface area contributed by atoms with Gasteiger partial charge in [0.1, 0.15) is 11.3 Å². The second kappa shape index (κ2) is 6.26. The third-order valence-corrected chi connectivity index (χ3v) is 3.87. The van der Waals surface area contributed by atoms with E-state index >= 15 is 0 Å². The quantitative estimate of drug-likeness (QED) is 0.857. The first-order valence-corrected chi connectivity index (χ1v) is 7.35. The van der Waals surface area contributed by atoms with Crippen LogP contribution in [0.4, 0.5) is 0 Å². The number of aliphatic hydroxyl groups is 1. The molecule has 1 atom stereocenters. The lowest BCUT2D eigenvalue weighted by Gasteiger charge is -2.24. The second-order valence-electron chi connectivity index (χ2n) is 5.55. The van der Waals surface area contributed by atoms with Crippen LogP contribution in [0.15, 0.2) is 18.2 Å². The van der Waals surface area contributed by atoms with Gasteiger partial charge in [-0.1, -0.05) is 26.8 Å². The number of fused-ring (bicyclic) bond motifs is 1. The summed E-state index contributed by atoms with van der Waals surface area (Å²) in [6.45, 7) is 6.32. The van der Waals surface area contributed by atoms with Crippen LogP contribution in [0.3, 0.4) is 0 Å². The van der Waals surface area contributed by atoms with Crippen molar-refractivity contribution in [3.63, 3.8) is 0 Å². The highest BCUT2D eigenvalue weighted by molar-refractivity contribution is 6.01. The average molecular weight is 290 g/mol. The van der Waals surface area contributed by atoms with Gasteiger partial charge in [0.25, 0.3) is 0 Å². The molecule has 1 heterocycles. The minimum Gasteiger partial charge on any atom is -0.478 e. The van der Waals surface area contributed by atoms with E-state index in [4.69, 9.17) is 0 Å². The number of aryl methyl sites for hydroxylation is 1. The molecule has 0 aliphatic rings. The van der Waals surface area contributed by atoms with Gasteiger partial charge < -0.3 is 14.8 Å². The van der Waals surface area contributed by atoms with Crippen LogP contribution >= 0.6 is 0 Å². The van der Waals surface area contributed by atoms with Gasteiger partial charge in [-0.15, -0.1) is 0 Å². The Balaban J connectivity index is 2.72. The number of para-hydroxylation sites is 1. The van der Waals surface area contributed by atoms with Crippen LogP contribution in [-0.2, 0) is 6.42 Å². The summed E-state index contributed by atoms with van der Waals surface area (Å²) in [5.74, 6) is 0.232. The Labute approximate surface area is 124 Å². The van der Waals surface area contributed by atoms with E-state index in [1.54, 1.807) is 12.1 Å². The van der Waals surface area contributed by atoms with Gasteiger partial charge in [-0.3, -0.25) is 0 Å². The predicted molar refractivity (Wildman–Crippen MR) is 81.6 cm³/mol. The number of carboxylic acid groups (broad SMARTS) is 1. The molecule has 2 aromatic rings. The highest BCUT2D eigenvalue weighted by Crippen LogP contribution is 2.30. The zero-order chi connectivity index (χ0) is 15.6. The van der Waals surface area contributed by atoms with Crippen molar-refractivity contribution in [1.82, 2.24) is 9.55 Å². The molecule has 0 spiro atoms. The first-order valence-electron chi connectivity index (χ1n) is 7.35. The minimum atomic E-state index is -0.962. The van der Waals surface area contributed by atoms with Crippen molar-refractivity contribution in [1.29, 1.82) is 0 Å². The van der Waals surface area contributed by atoms with Crippen molar-refractivity contribution in [2.75, 3.05) is 6.61 Å². The highest BCUT2D eigenvalue weighted by Gasteiger charge is 2.23. The van der Waals surface area contributed by atoms with Gasteiger partial charge in [0.2, 0.25) is 0 Å². The highest BCUT2D eigenvalue weighted by atomic mass is 16.4. The third-order valence-electron chi connectivity index (χ3n) is 3.87. The molecule has 0 fully saturated rings. The lowest BCUT2D eigenvalue weighted by molar-refractivity contribution is 0.0699. The fraction of sp³-hybridized carbons (Fsp3) is 0.500. The number of aliphatic hydroxyl groups excluding tert-OH is 1. The van der Waals surface area contributed by atoms with E-state index < -0.39 is 5.97 Å². The Morgan fingerprint density at radius 2 is 2.10 bits per heavy atom. The molecule has 0 aliphatic carbocycles. The van der Waals surface area contributed by atoms with Gasteiger partial charge in [-0.25, -0.2) is 9.78 Å². The summed E-state index contributed by atoms with van der Waals surface area (Å²) in [5, 5.41) is 18.7. The maximum Gasteiger partial charge on any atom is 0.337 e. The monoisotopic (exact) mass is 290 g/mol. The first-order chi connectivity index (χ1) is 10.0. The lowest BCUT2D eigenvalue weighted by atomic mass is 10.0. The topological polar surface area (TPSA) is 75.3 Å². The van der Waals surface area contributed by atoms with Crippen molar-refractivity contribution >= 4 is 17.0 Å². The van der Waals surface area contributed by atoms with Crippen LogP contribution in [0.5, 0.6) is 0 Å². The number of benzene rings is 1. The zero-order valence-corrected chi connectivity index (χ0v) is 12.7. The Morgan fingerprint density at radius 1 is 1.38 bits per heavy atom. The molecule has 0 saturated carbocycles. The number of rotatable bonds is 6. The summed E-state index contributed by atoms with van der Waals surface area (Å²) in [6, 6.07) is 5.34. The predicted octanol–water partition coefficient (Wildman–Crippen LogP) is 2.88. The van der Waals surface area contributed by atoms with Crippen molar-refractivity contribution in [3.8, 4) is 0 Å². The number of nitrogens with zero attached hydrogens (tertiary/aromatic N) is 2. The molecule has 0 bridgehead atoms. The molecule has 5 heteroatoms. The summed E-state index contributed by atoms with van der Waals surface area (Å²) in [7, 11) is 0. The third kappa shape index (κ3) is 2.78. The van der Waals surface area contributed by atoms with E-state index in [1.165, 1.54) is 0 Å². The number of carboxylic acids is 1. The van der Waals surface area contributed by atoms with Crippen molar-refractivity contribution < 1.29 is 15.0 Å². The molecular weight excluding hydrogens is 268 g/mol.